The van der Waals surface area contributed by atoms with E-state index < -0.39 is 29.0 Å². The number of esters is 2. The van der Waals surface area contributed by atoms with Crippen LogP contribution in [0.2, 0.25) is 0 Å². The van der Waals surface area contributed by atoms with Gasteiger partial charge in [0.05, 0.1) is 10.5 Å². The van der Waals surface area contributed by atoms with Crippen LogP contribution in [0.25, 0.3) is 0 Å². The molecule has 0 spiro atoms. The minimum Gasteiger partial charge on any atom is -0.445 e. The number of nitro benzene ring substituents is 1. The zero-order valence-electron chi connectivity index (χ0n) is 16.7. The Labute approximate surface area is 176 Å². The molecule has 1 atom stereocenters. The number of amides is 1. The number of rotatable bonds is 5. The molecule has 1 aliphatic heterocycles. The van der Waals surface area contributed by atoms with Crippen molar-refractivity contribution in [3.05, 3.63) is 63.7 Å². The van der Waals surface area contributed by atoms with E-state index in [4.69, 9.17) is 14.2 Å². The highest BCUT2D eigenvalue weighted by atomic mass is 16.6. The number of carbonyl (C=O) groups is 3. The van der Waals surface area contributed by atoms with E-state index in [1.54, 1.807) is 6.07 Å². The van der Waals surface area contributed by atoms with Gasteiger partial charge in [-0.25, -0.2) is 0 Å². The predicted molar refractivity (Wildman–Crippen MR) is 105 cm³/mol. The van der Waals surface area contributed by atoms with Crippen LogP contribution in [0.1, 0.15) is 38.1 Å². The summed E-state index contributed by atoms with van der Waals surface area (Å²) in [6, 6.07) is 9.92. The van der Waals surface area contributed by atoms with Gasteiger partial charge in [0.25, 0.3) is 5.69 Å². The highest BCUT2D eigenvalue weighted by molar-refractivity contribution is 5.97. The normalized spacial score (nSPS) is 15.0. The topological polar surface area (TPSA) is 138 Å². The maximum atomic E-state index is 12.1. The molecule has 0 bridgehead atoms. The van der Waals surface area contributed by atoms with Crippen LogP contribution in [0.4, 0.5) is 5.69 Å². The Hall–Kier alpha value is -4.28. The van der Waals surface area contributed by atoms with Gasteiger partial charge in [0.2, 0.25) is 18.0 Å². The Bertz CT molecular complexity index is 1080. The molecule has 0 radical (unpaired) electrons. The van der Waals surface area contributed by atoms with E-state index >= 15 is 0 Å². The molecule has 0 aromatic heterocycles. The molecular weight excluding hydrogens is 410 g/mol. The maximum absolute atomic E-state index is 12.1. The molecular formula is C20H17N3O8. The second-order valence-electron chi connectivity index (χ2n) is 6.44. The molecule has 1 aliphatic rings. The molecule has 0 saturated heterocycles. The molecule has 0 N–H and O–H groups in total. The maximum Gasteiger partial charge on any atom is 0.308 e. The van der Waals surface area contributed by atoms with Gasteiger partial charge in [0, 0.05) is 38.5 Å². The Balaban J connectivity index is 2.04. The first-order valence-corrected chi connectivity index (χ1v) is 8.96. The zero-order valence-corrected chi connectivity index (χ0v) is 16.7. The standard InChI is InChI=1S/C20H17N3O8/c1-11(24)22-20(17-6-4-5-7-18(17)23(27)28)31-19(21-22)14-8-15(29-12(2)25)10-16(9-14)30-13(3)26/h4-10,20H,1-3H3/t20-/m0/s1. The summed E-state index contributed by atoms with van der Waals surface area (Å²) in [6.07, 6.45) is -1.19. The van der Waals surface area contributed by atoms with Crippen LogP contribution in [0.15, 0.2) is 47.6 Å². The number of nitrogens with zero attached hydrogens (tertiary/aromatic N) is 3. The summed E-state index contributed by atoms with van der Waals surface area (Å²) in [6.45, 7) is 3.63. The van der Waals surface area contributed by atoms with Crippen LogP contribution < -0.4 is 9.47 Å². The summed E-state index contributed by atoms with van der Waals surface area (Å²) in [5.41, 5.74) is 0.101. The average Bonchev–Trinajstić information content (AvgIpc) is 3.12. The molecule has 160 valence electrons. The number of carbonyl (C=O) groups excluding carboxylic acids is 3. The molecule has 2 aromatic carbocycles. The number of nitro groups is 1. The summed E-state index contributed by atoms with van der Waals surface area (Å²) in [5.74, 6) is -1.71. The van der Waals surface area contributed by atoms with Gasteiger partial charge in [-0.2, -0.15) is 5.01 Å². The van der Waals surface area contributed by atoms with Gasteiger partial charge in [0.15, 0.2) is 0 Å². The quantitative estimate of drug-likeness (QED) is 0.307. The molecule has 0 saturated carbocycles. The highest BCUT2D eigenvalue weighted by Crippen LogP contribution is 2.36. The Morgan fingerprint density at radius 1 is 1.03 bits per heavy atom. The molecule has 0 aliphatic carbocycles. The third-order valence-electron chi connectivity index (χ3n) is 4.02. The molecule has 0 unspecified atom stereocenters. The summed E-state index contributed by atoms with van der Waals surface area (Å²) >= 11 is 0. The third kappa shape index (κ3) is 4.83. The lowest BCUT2D eigenvalue weighted by Crippen LogP contribution is -2.25. The van der Waals surface area contributed by atoms with Gasteiger partial charge >= 0.3 is 11.9 Å². The molecule has 3 rings (SSSR count). The molecule has 11 heteroatoms. The van der Waals surface area contributed by atoms with E-state index in [1.807, 2.05) is 0 Å². The van der Waals surface area contributed by atoms with Gasteiger partial charge in [-0.1, -0.05) is 12.1 Å². The third-order valence-corrected chi connectivity index (χ3v) is 4.02. The first-order chi connectivity index (χ1) is 14.7. The largest absolute Gasteiger partial charge is 0.445 e. The van der Waals surface area contributed by atoms with Gasteiger partial charge in [0.1, 0.15) is 11.5 Å². The fourth-order valence-corrected chi connectivity index (χ4v) is 2.89. The van der Waals surface area contributed by atoms with Crippen molar-refractivity contribution in [3.63, 3.8) is 0 Å². The lowest BCUT2D eigenvalue weighted by atomic mass is 10.1. The second-order valence-corrected chi connectivity index (χ2v) is 6.44. The van der Waals surface area contributed by atoms with E-state index in [1.165, 1.54) is 57.2 Å². The van der Waals surface area contributed by atoms with E-state index in [0.717, 1.165) is 5.01 Å². The molecule has 1 heterocycles. The van der Waals surface area contributed by atoms with Crippen LogP contribution in [0, 0.1) is 10.1 Å². The molecule has 2 aromatic rings. The van der Waals surface area contributed by atoms with Crippen molar-refractivity contribution in [2.45, 2.75) is 27.0 Å². The van der Waals surface area contributed by atoms with Crippen molar-refractivity contribution in [2.24, 2.45) is 5.10 Å². The number of hydrogen-bond donors (Lipinski definition) is 0. The first-order valence-electron chi connectivity index (χ1n) is 8.96. The van der Waals surface area contributed by atoms with E-state index in [0.29, 0.717) is 0 Å². The van der Waals surface area contributed by atoms with Crippen molar-refractivity contribution in [2.75, 3.05) is 0 Å². The van der Waals surface area contributed by atoms with E-state index in [2.05, 4.69) is 5.10 Å². The summed E-state index contributed by atoms with van der Waals surface area (Å²) in [4.78, 5) is 45.7. The number of hydrazone groups is 1. The van der Waals surface area contributed by atoms with Crippen LogP contribution in [0.5, 0.6) is 11.5 Å². The van der Waals surface area contributed by atoms with Crippen molar-refractivity contribution in [1.29, 1.82) is 0 Å². The highest BCUT2D eigenvalue weighted by Gasteiger charge is 2.37. The number of hydrogen-bond acceptors (Lipinski definition) is 9. The van der Waals surface area contributed by atoms with Gasteiger partial charge in [-0.05, 0) is 18.2 Å². The Morgan fingerprint density at radius 2 is 1.61 bits per heavy atom. The predicted octanol–water partition coefficient (Wildman–Crippen LogP) is 2.68. The number of para-hydroxylation sites is 1. The summed E-state index contributed by atoms with van der Waals surface area (Å²) in [5, 5.41) is 16.5. The lowest BCUT2D eigenvalue weighted by molar-refractivity contribution is -0.386. The van der Waals surface area contributed by atoms with Crippen molar-refractivity contribution in [3.8, 4) is 11.5 Å². The first kappa shape index (κ1) is 21.4. The van der Waals surface area contributed by atoms with Crippen LogP contribution in [-0.2, 0) is 19.1 Å². The lowest BCUT2D eigenvalue weighted by Gasteiger charge is -2.19. The van der Waals surface area contributed by atoms with Crippen LogP contribution in [-0.4, -0.2) is 33.7 Å². The molecule has 31 heavy (non-hydrogen) atoms. The number of ether oxygens (including phenoxy) is 3. The fourth-order valence-electron chi connectivity index (χ4n) is 2.89. The van der Waals surface area contributed by atoms with Crippen molar-refractivity contribution < 1.29 is 33.5 Å². The Morgan fingerprint density at radius 3 is 2.13 bits per heavy atom. The Kier molecular flexibility index (Phi) is 5.95. The average molecular weight is 427 g/mol. The molecule has 0 fully saturated rings. The van der Waals surface area contributed by atoms with Crippen LogP contribution in [0.3, 0.4) is 0 Å². The number of benzene rings is 2. The summed E-state index contributed by atoms with van der Waals surface area (Å²) in [7, 11) is 0. The molecule has 1 amide bonds. The van der Waals surface area contributed by atoms with E-state index in [-0.39, 0.29) is 34.2 Å². The SMILES string of the molecule is CC(=O)Oc1cc(OC(C)=O)cc(C2=NN(C(C)=O)[C@H](c3ccccc3[N+](=O)[O-])O2)c1. The zero-order chi connectivity index (χ0) is 22.7. The second kappa shape index (κ2) is 8.61. The van der Waals surface area contributed by atoms with Gasteiger partial charge in [-0.15, -0.1) is 5.10 Å². The minimum atomic E-state index is -1.19. The van der Waals surface area contributed by atoms with E-state index in [9.17, 15) is 24.5 Å². The fraction of sp³-hybridized carbons (Fsp3) is 0.200. The van der Waals surface area contributed by atoms with Gasteiger partial charge in [-0.3, -0.25) is 24.5 Å². The minimum absolute atomic E-state index is 0.0519. The molecule has 11 nitrogen and oxygen atoms in total. The summed E-state index contributed by atoms with van der Waals surface area (Å²) < 4.78 is 15.9. The van der Waals surface area contributed by atoms with Gasteiger partial charge < -0.3 is 14.2 Å². The smallest absolute Gasteiger partial charge is 0.308 e. The monoisotopic (exact) mass is 427 g/mol. The van der Waals surface area contributed by atoms with Crippen molar-refractivity contribution >= 4 is 29.4 Å². The van der Waals surface area contributed by atoms with Crippen molar-refractivity contribution in [1.82, 2.24) is 5.01 Å². The van der Waals surface area contributed by atoms with Crippen LogP contribution >= 0.6 is 0 Å².